The van der Waals surface area contributed by atoms with Gasteiger partial charge in [0.15, 0.2) is 0 Å². The van der Waals surface area contributed by atoms with Crippen LogP contribution in [0.4, 0.5) is 5.69 Å². The van der Waals surface area contributed by atoms with E-state index in [1.165, 1.54) is 10.9 Å². The van der Waals surface area contributed by atoms with E-state index < -0.39 is 11.5 Å². The number of anilines is 1. The van der Waals surface area contributed by atoms with Crippen LogP contribution in [0.5, 0.6) is 5.75 Å². The van der Waals surface area contributed by atoms with Gasteiger partial charge >= 0.3 is 5.97 Å². The lowest BCUT2D eigenvalue weighted by Crippen LogP contribution is -2.28. The normalized spacial score (nSPS) is 10.8. The van der Waals surface area contributed by atoms with Crippen LogP contribution in [0.15, 0.2) is 59.7 Å². The number of nitrogens with zero attached hydrogens (tertiary/aromatic N) is 2. The molecule has 4 rings (SSSR count). The third kappa shape index (κ3) is 5.70. The molecule has 0 unspecified atom stereocenters. The Kier molecular flexibility index (Phi) is 7.48. The number of amides is 1. The van der Waals surface area contributed by atoms with Gasteiger partial charge in [0, 0.05) is 10.7 Å². The molecule has 8 nitrogen and oxygen atoms in total. The number of fused-ring (bicyclic) bond motifs is 1. The van der Waals surface area contributed by atoms with Crippen LogP contribution < -0.4 is 15.6 Å². The molecule has 4 aromatic rings. The lowest BCUT2D eigenvalue weighted by Gasteiger charge is -2.10. The lowest BCUT2D eigenvalue weighted by molar-refractivity contribution is -0.116. The summed E-state index contributed by atoms with van der Waals surface area (Å²) >= 11 is 7.04. The Labute approximate surface area is 210 Å². The molecule has 0 fully saturated rings. The molecule has 1 N–H and O–H groups in total. The van der Waals surface area contributed by atoms with Crippen LogP contribution in [-0.2, 0) is 16.1 Å². The number of thiophene rings is 1. The zero-order chi connectivity index (χ0) is 24.9. The third-order valence-electron chi connectivity index (χ3n) is 5.21. The van der Waals surface area contributed by atoms with Gasteiger partial charge in [-0.1, -0.05) is 29.8 Å². The topological polar surface area (TPSA) is 99.5 Å². The fourth-order valence-corrected chi connectivity index (χ4v) is 4.71. The highest BCUT2D eigenvalue weighted by atomic mass is 35.5. The second kappa shape index (κ2) is 10.7. The van der Waals surface area contributed by atoms with Gasteiger partial charge in [0.1, 0.15) is 35.2 Å². The molecule has 0 saturated carbocycles. The number of halogens is 1. The van der Waals surface area contributed by atoms with Crippen molar-refractivity contribution in [2.24, 2.45) is 0 Å². The number of esters is 1. The van der Waals surface area contributed by atoms with E-state index in [0.29, 0.717) is 37.1 Å². The number of para-hydroxylation sites is 1. The average Bonchev–Trinajstić information content (AvgIpc) is 3.18. The summed E-state index contributed by atoms with van der Waals surface area (Å²) in [5.41, 5.74) is 1.48. The number of rotatable bonds is 8. The van der Waals surface area contributed by atoms with Gasteiger partial charge in [0.25, 0.3) is 5.56 Å². The number of carbonyl (C=O) groups excluding carboxylic acids is 2. The van der Waals surface area contributed by atoms with E-state index in [2.05, 4.69) is 10.3 Å². The zero-order valence-electron chi connectivity index (χ0n) is 19.0. The molecule has 10 heteroatoms. The Morgan fingerprint density at radius 2 is 1.89 bits per heavy atom. The maximum Gasteiger partial charge on any atom is 0.348 e. The molecule has 2 heterocycles. The minimum atomic E-state index is -0.552. The van der Waals surface area contributed by atoms with Crippen LogP contribution in [-0.4, -0.2) is 34.6 Å². The molecule has 0 spiro atoms. The molecule has 1 amide bonds. The van der Waals surface area contributed by atoms with Crippen molar-refractivity contribution in [2.45, 2.75) is 20.4 Å². The van der Waals surface area contributed by atoms with Gasteiger partial charge in [-0.05, 0) is 55.3 Å². The fourth-order valence-electron chi connectivity index (χ4n) is 3.45. The van der Waals surface area contributed by atoms with Crippen LogP contribution in [0.25, 0.3) is 10.2 Å². The minimum Gasteiger partial charge on any atom is -0.490 e. The summed E-state index contributed by atoms with van der Waals surface area (Å²) in [5.74, 6) is -0.254. The van der Waals surface area contributed by atoms with Gasteiger partial charge in [-0.25, -0.2) is 9.78 Å². The first kappa shape index (κ1) is 24.4. The van der Waals surface area contributed by atoms with Gasteiger partial charge in [0.05, 0.1) is 11.7 Å². The van der Waals surface area contributed by atoms with E-state index >= 15 is 0 Å². The standard InChI is InChI=1S/C25H22ClN3O5S/c1-15-12-17(26)8-9-19(15)28-20(30)13-29-14-27-23-21(24(29)31)16(2)22(35-23)25(32)34-11-10-33-18-6-4-3-5-7-18/h3-9,12,14H,10-11,13H2,1-2H3,(H,28,30). The maximum atomic E-state index is 13.1. The first-order chi connectivity index (χ1) is 16.8. The Morgan fingerprint density at radius 1 is 1.11 bits per heavy atom. The quantitative estimate of drug-likeness (QED) is 0.274. The second-order valence-corrected chi connectivity index (χ2v) is 9.15. The van der Waals surface area contributed by atoms with Crippen molar-refractivity contribution < 1.29 is 19.1 Å². The molecule has 35 heavy (non-hydrogen) atoms. The summed E-state index contributed by atoms with van der Waals surface area (Å²) in [4.78, 5) is 43.2. The highest BCUT2D eigenvalue weighted by Gasteiger charge is 2.21. The van der Waals surface area contributed by atoms with E-state index in [1.54, 1.807) is 25.1 Å². The van der Waals surface area contributed by atoms with E-state index in [0.717, 1.165) is 16.9 Å². The highest BCUT2D eigenvalue weighted by molar-refractivity contribution is 7.20. The van der Waals surface area contributed by atoms with E-state index in [4.69, 9.17) is 21.1 Å². The number of aromatic nitrogens is 2. The predicted molar refractivity (Wildman–Crippen MR) is 136 cm³/mol. The van der Waals surface area contributed by atoms with E-state index in [-0.39, 0.29) is 25.7 Å². The smallest absolute Gasteiger partial charge is 0.348 e. The number of carbonyl (C=O) groups is 2. The van der Waals surface area contributed by atoms with Crippen LogP contribution in [0.1, 0.15) is 20.8 Å². The van der Waals surface area contributed by atoms with Crippen LogP contribution in [0.3, 0.4) is 0 Å². The van der Waals surface area contributed by atoms with Crippen molar-refractivity contribution in [3.8, 4) is 5.75 Å². The number of hydrogen-bond donors (Lipinski definition) is 1. The molecule has 0 aliphatic rings. The molecular formula is C25H22ClN3O5S. The molecule has 0 aliphatic carbocycles. The third-order valence-corrected chi connectivity index (χ3v) is 6.62. The molecule has 0 saturated heterocycles. The summed E-state index contributed by atoms with van der Waals surface area (Å²) < 4.78 is 12.1. The molecule has 2 aromatic heterocycles. The summed E-state index contributed by atoms with van der Waals surface area (Å²) in [6.07, 6.45) is 1.30. The summed E-state index contributed by atoms with van der Waals surface area (Å²) in [5, 5.41) is 3.63. The average molecular weight is 512 g/mol. The zero-order valence-corrected chi connectivity index (χ0v) is 20.6. The Bertz CT molecular complexity index is 1450. The van der Waals surface area contributed by atoms with Gasteiger partial charge in [-0.15, -0.1) is 11.3 Å². The van der Waals surface area contributed by atoms with Crippen LogP contribution in [0, 0.1) is 13.8 Å². The van der Waals surface area contributed by atoms with Crippen molar-refractivity contribution in [2.75, 3.05) is 18.5 Å². The lowest BCUT2D eigenvalue weighted by atomic mass is 10.2. The largest absolute Gasteiger partial charge is 0.490 e. The molecule has 2 aromatic carbocycles. The first-order valence-corrected chi connectivity index (χ1v) is 11.9. The maximum absolute atomic E-state index is 13.1. The first-order valence-electron chi connectivity index (χ1n) is 10.7. The number of hydrogen-bond acceptors (Lipinski definition) is 7. The van der Waals surface area contributed by atoms with Crippen molar-refractivity contribution in [3.63, 3.8) is 0 Å². The Morgan fingerprint density at radius 3 is 2.63 bits per heavy atom. The SMILES string of the molecule is Cc1cc(Cl)ccc1NC(=O)Cn1cnc2sc(C(=O)OCCOc3ccccc3)c(C)c2c1=O. The van der Waals surface area contributed by atoms with Gasteiger partial charge < -0.3 is 14.8 Å². The van der Waals surface area contributed by atoms with E-state index in [1.807, 2.05) is 37.3 Å². The monoisotopic (exact) mass is 511 g/mol. The van der Waals surface area contributed by atoms with Crippen molar-refractivity contribution in [1.82, 2.24) is 9.55 Å². The summed E-state index contributed by atoms with van der Waals surface area (Å²) in [6.45, 7) is 3.52. The summed E-state index contributed by atoms with van der Waals surface area (Å²) in [7, 11) is 0. The number of aryl methyl sites for hydroxylation is 2. The predicted octanol–water partition coefficient (Wildman–Crippen LogP) is 4.60. The number of benzene rings is 2. The van der Waals surface area contributed by atoms with Crippen molar-refractivity contribution in [3.05, 3.63) is 86.2 Å². The molecular weight excluding hydrogens is 490 g/mol. The van der Waals surface area contributed by atoms with Crippen molar-refractivity contribution >= 4 is 50.7 Å². The molecule has 0 bridgehead atoms. The molecule has 0 aliphatic heterocycles. The van der Waals surface area contributed by atoms with Crippen LogP contribution in [0.2, 0.25) is 5.02 Å². The molecule has 0 atom stereocenters. The minimum absolute atomic E-state index is 0.0589. The second-order valence-electron chi connectivity index (χ2n) is 7.72. The van der Waals surface area contributed by atoms with Gasteiger partial charge in [-0.3, -0.25) is 14.2 Å². The van der Waals surface area contributed by atoms with Gasteiger partial charge in [0.2, 0.25) is 5.91 Å². The Hall–Kier alpha value is -3.69. The fraction of sp³-hybridized carbons (Fsp3) is 0.200. The number of ether oxygens (including phenoxy) is 2. The van der Waals surface area contributed by atoms with Gasteiger partial charge in [-0.2, -0.15) is 0 Å². The Balaban J connectivity index is 1.44. The summed E-state index contributed by atoms with van der Waals surface area (Å²) in [6, 6.07) is 14.3. The van der Waals surface area contributed by atoms with Crippen molar-refractivity contribution in [1.29, 1.82) is 0 Å². The molecule has 0 radical (unpaired) electrons. The molecule has 180 valence electrons. The van der Waals surface area contributed by atoms with E-state index in [9.17, 15) is 14.4 Å². The highest BCUT2D eigenvalue weighted by Crippen LogP contribution is 2.27. The van der Waals surface area contributed by atoms with Crippen LogP contribution >= 0.6 is 22.9 Å². The number of nitrogens with one attached hydrogen (secondary N) is 1.